The molecule has 0 amide bonds. The lowest BCUT2D eigenvalue weighted by Crippen LogP contribution is -2.25. The number of nitrogens with zero attached hydrogens (tertiary/aromatic N) is 2. The second-order valence-electron chi connectivity index (χ2n) is 2.51. The van der Waals surface area contributed by atoms with Crippen molar-refractivity contribution in [3.05, 3.63) is 33.8 Å². The van der Waals surface area contributed by atoms with Crippen LogP contribution in [-0.2, 0) is 0 Å². The number of rotatable bonds is 4. The van der Waals surface area contributed by atoms with Gasteiger partial charge in [0.05, 0.1) is 17.6 Å². The molecule has 0 radical (unpaired) electrons. The van der Waals surface area contributed by atoms with Gasteiger partial charge in [0.2, 0.25) is 6.20 Å². The minimum atomic E-state index is -0.598. The molecule has 0 aliphatic carbocycles. The number of aliphatic hydroxyl groups is 1. The van der Waals surface area contributed by atoms with Gasteiger partial charge in [0.1, 0.15) is 0 Å². The Bertz CT molecular complexity index is 342. The van der Waals surface area contributed by atoms with Gasteiger partial charge in [-0.2, -0.15) is 4.73 Å². The summed E-state index contributed by atoms with van der Waals surface area (Å²) in [5.41, 5.74) is -0.0906. The van der Waals surface area contributed by atoms with Gasteiger partial charge >= 0.3 is 5.69 Å². The third-order valence-corrected chi connectivity index (χ3v) is 1.54. The normalized spacial score (nSPS) is 9.79. The van der Waals surface area contributed by atoms with Gasteiger partial charge in [-0.1, -0.05) is 0 Å². The lowest BCUT2D eigenvalue weighted by Gasteiger charge is -2.04. The lowest BCUT2D eigenvalue weighted by molar-refractivity contribution is -0.605. The highest BCUT2D eigenvalue weighted by Crippen LogP contribution is 2.20. The van der Waals surface area contributed by atoms with Crippen molar-refractivity contribution in [3.63, 3.8) is 0 Å². The molecule has 0 aromatic carbocycles. The number of pyridine rings is 1. The van der Waals surface area contributed by atoms with Gasteiger partial charge in [0, 0.05) is 6.54 Å². The van der Waals surface area contributed by atoms with Crippen molar-refractivity contribution in [1.29, 1.82) is 0 Å². The van der Waals surface area contributed by atoms with Gasteiger partial charge < -0.3 is 15.6 Å². The monoisotopic (exact) mass is 199 g/mol. The van der Waals surface area contributed by atoms with Crippen LogP contribution in [0.1, 0.15) is 0 Å². The summed E-state index contributed by atoms with van der Waals surface area (Å²) in [7, 11) is 0. The fraction of sp³-hybridized carbons (Fsp3) is 0.286. The largest absolute Gasteiger partial charge is 0.619 e. The van der Waals surface area contributed by atoms with E-state index in [1.807, 2.05) is 0 Å². The maximum atomic E-state index is 10.8. The molecule has 2 N–H and O–H groups in total. The molecule has 0 atom stereocenters. The van der Waals surface area contributed by atoms with Crippen molar-refractivity contribution in [3.8, 4) is 0 Å². The second kappa shape index (κ2) is 4.38. The van der Waals surface area contributed by atoms with Crippen LogP contribution < -0.4 is 10.0 Å². The van der Waals surface area contributed by atoms with E-state index in [2.05, 4.69) is 5.32 Å². The van der Waals surface area contributed by atoms with Crippen molar-refractivity contribution in [2.75, 3.05) is 18.5 Å². The molecular weight excluding hydrogens is 190 g/mol. The van der Waals surface area contributed by atoms with E-state index in [0.29, 0.717) is 4.73 Å². The Morgan fingerprint density at radius 1 is 1.64 bits per heavy atom. The van der Waals surface area contributed by atoms with Crippen molar-refractivity contribution >= 4 is 11.4 Å². The molecule has 0 aliphatic rings. The number of aliphatic hydroxyl groups excluding tert-OH is 1. The minimum absolute atomic E-state index is 0.0987. The summed E-state index contributed by atoms with van der Waals surface area (Å²) in [5.74, 6) is 0. The van der Waals surface area contributed by atoms with Crippen molar-refractivity contribution in [1.82, 2.24) is 0 Å². The molecule has 0 aliphatic heterocycles. The third kappa shape index (κ3) is 2.30. The molecule has 7 heteroatoms. The Hall–Kier alpha value is -1.89. The van der Waals surface area contributed by atoms with Crippen molar-refractivity contribution < 1.29 is 14.8 Å². The first-order valence-electron chi connectivity index (χ1n) is 3.87. The SMILES string of the molecule is O=[N+]([O-])c1cc[n+]([O-])cc1NCCO. The van der Waals surface area contributed by atoms with Gasteiger partial charge in [-0.25, -0.2) is 0 Å². The van der Waals surface area contributed by atoms with E-state index in [0.717, 1.165) is 18.5 Å². The second-order valence-corrected chi connectivity index (χ2v) is 2.51. The van der Waals surface area contributed by atoms with Crippen LogP contribution in [0.15, 0.2) is 18.5 Å². The van der Waals surface area contributed by atoms with E-state index in [4.69, 9.17) is 5.11 Å². The van der Waals surface area contributed by atoms with Crippen LogP contribution in [0.3, 0.4) is 0 Å². The van der Waals surface area contributed by atoms with Gasteiger partial charge in [-0.05, 0) is 0 Å². The minimum Gasteiger partial charge on any atom is -0.619 e. The van der Waals surface area contributed by atoms with Crippen LogP contribution in [0.2, 0.25) is 0 Å². The zero-order valence-corrected chi connectivity index (χ0v) is 7.21. The predicted molar refractivity (Wildman–Crippen MR) is 47.6 cm³/mol. The summed E-state index contributed by atoms with van der Waals surface area (Å²) in [5, 5.41) is 32.4. The van der Waals surface area contributed by atoms with Gasteiger partial charge in [-0.3, -0.25) is 10.1 Å². The highest BCUT2D eigenvalue weighted by molar-refractivity contribution is 5.58. The van der Waals surface area contributed by atoms with E-state index in [1.165, 1.54) is 0 Å². The summed E-state index contributed by atoms with van der Waals surface area (Å²) in [6.45, 7) is -0.00421. The van der Waals surface area contributed by atoms with Gasteiger partial charge in [0.15, 0.2) is 11.9 Å². The van der Waals surface area contributed by atoms with Crippen LogP contribution in [-0.4, -0.2) is 23.2 Å². The smallest absolute Gasteiger partial charge is 0.304 e. The maximum Gasteiger partial charge on any atom is 0.304 e. The Morgan fingerprint density at radius 3 is 2.93 bits per heavy atom. The fourth-order valence-corrected chi connectivity index (χ4v) is 0.956. The Balaban J connectivity index is 2.97. The molecule has 1 aromatic rings. The first-order valence-corrected chi connectivity index (χ1v) is 3.87. The molecular formula is C7H9N3O4. The number of aromatic nitrogens is 1. The summed E-state index contributed by atoms with van der Waals surface area (Å²) in [6.07, 6.45) is 2.09. The number of hydrogen-bond donors (Lipinski definition) is 2. The standard InChI is InChI=1S/C7H9N3O4/c11-4-2-8-6-5-9(12)3-1-7(6)10(13)14/h1,3,5,8,11H,2,4H2. The molecule has 0 spiro atoms. The molecule has 14 heavy (non-hydrogen) atoms. The Labute approximate surface area is 79.3 Å². The Kier molecular flexibility index (Phi) is 3.19. The predicted octanol–water partition coefficient (Wildman–Crippen LogP) is -0.368. The van der Waals surface area contributed by atoms with E-state index < -0.39 is 4.92 Å². The fourth-order valence-electron chi connectivity index (χ4n) is 0.956. The molecule has 76 valence electrons. The lowest BCUT2D eigenvalue weighted by atomic mass is 10.3. The molecule has 1 heterocycles. The first-order chi connectivity index (χ1) is 6.65. The molecule has 7 nitrogen and oxygen atoms in total. The summed E-state index contributed by atoms with van der Waals surface area (Å²) in [4.78, 5) is 9.89. The average molecular weight is 199 g/mol. The van der Waals surface area contributed by atoms with Crippen LogP contribution in [0.25, 0.3) is 0 Å². The van der Waals surface area contributed by atoms with Crippen LogP contribution in [0.5, 0.6) is 0 Å². The molecule has 0 bridgehead atoms. The third-order valence-electron chi connectivity index (χ3n) is 1.54. The summed E-state index contributed by atoms with van der Waals surface area (Å²) < 4.78 is 0.451. The maximum absolute atomic E-state index is 10.8. The van der Waals surface area contributed by atoms with Crippen LogP contribution in [0, 0.1) is 15.3 Å². The average Bonchev–Trinajstić information content (AvgIpc) is 2.14. The van der Waals surface area contributed by atoms with E-state index in [-0.39, 0.29) is 24.5 Å². The molecule has 0 saturated carbocycles. The van der Waals surface area contributed by atoms with E-state index in [1.54, 1.807) is 0 Å². The summed E-state index contributed by atoms with van der Waals surface area (Å²) in [6, 6.07) is 1.10. The van der Waals surface area contributed by atoms with E-state index in [9.17, 15) is 15.3 Å². The molecule has 1 aromatic heterocycles. The quantitative estimate of drug-likeness (QED) is 0.298. The van der Waals surface area contributed by atoms with Gasteiger partial charge in [-0.15, -0.1) is 0 Å². The Morgan fingerprint density at radius 2 is 2.36 bits per heavy atom. The molecule has 0 saturated heterocycles. The zero-order chi connectivity index (χ0) is 10.6. The highest BCUT2D eigenvalue weighted by atomic mass is 16.6. The molecule has 1 rings (SSSR count). The molecule has 0 unspecified atom stereocenters. The number of nitrogens with one attached hydrogen (secondary N) is 1. The van der Waals surface area contributed by atoms with Crippen molar-refractivity contribution in [2.24, 2.45) is 0 Å². The van der Waals surface area contributed by atoms with Crippen molar-refractivity contribution in [2.45, 2.75) is 0 Å². The summed E-state index contributed by atoms with van der Waals surface area (Å²) >= 11 is 0. The van der Waals surface area contributed by atoms with Crippen LogP contribution in [0.4, 0.5) is 11.4 Å². The number of nitro groups is 1. The van der Waals surface area contributed by atoms with E-state index >= 15 is 0 Å². The van der Waals surface area contributed by atoms with Gasteiger partial charge in [0.25, 0.3) is 0 Å². The van der Waals surface area contributed by atoms with Crippen LogP contribution >= 0.6 is 0 Å². The zero-order valence-electron chi connectivity index (χ0n) is 7.21. The highest BCUT2D eigenvalue weighted by Gasteiger charge is 2.15. The topological polar surface area (TPSA) is 102 Å². The first kappa shape index (κ1) is 10.2. The number of hydrogen-bond acceptors (Lipinski definition) is 5. The number of anilines is 1. The molecule has 0 fully saturated rings.